The van der Waals surface area contributed by atoms with Gasteiger partial charge in [0.15, 0.2) is 0 Å². The Hall–Kier alpha value is -2.98. The molecule has 0 aliphatic rings. The fraction of sp³-hybridized carbons (Fsp3) is 0. The molecule has 0 radical (unpaired) electrons. The standard InChI is InChI=1S/C22H11Cl2FN2O2S/c23-15-6-2-5-14(11-15)19-17-8-3-9-18(25)20(17)27-22(24)21(19)30(28,29)16-7-1-4-13(10-16)12-26/h1-11H. The highest BCUT2D eigenvalue weighted by atomic mass is 35.5. The third-order valence-electron chi connectivity index (χ3n) is 4.54. The quantitative estimate of drug-likeness (QED) is 0.351. The molecule has 4 rings (SSSR count). The van der Waals surface area contributed by atoms with Gasteiger partial charge in [-0.15, -0.1) is 0 Å². The highest BCUT2D eigenvalue weighted by molar-refractivity contribution is 7.91. The van der Waals surface area contributed by atoms with Gasteiger partial charge in [-0.2, -0.15) is 5.26 Å². The second-order valence-corrected chi connectivity index (χ2v) is 9.08. The molecular weight excluding hydrogens is 446 g/mol. The third kappa shape index (κ3) is 3.41. The number of nitrogens with zero attached hydrogens (tertiary/aromatic N) is 2. The summed E-state index contributed by atoms with van der Waals surface area (Å²) in [6.45, 7) is 0. The molecule has 0 fully saturated rings. The van der Waals surface area contributed by atoms with Gasteiger partial charge in [-0.3, -0.25) is 0 Å². The Morgan fingerprint density at radius 3 is 2.43 bits per heavy atom. The highest BCUT2D eigenvalue weighted by Gasteiger charge is 2.29. The molecule has 4 aromatic rings. The number of hydrogen-bond donors (Lipinski definition) is 0. The summed E-state index contributed by atoms with van der Waals surface area (Å²) in [4.78, 5) is 3.63. The van der Waals surface area contributed by atoms with Crippen LogP contribution in [0, 0.1) is 17.1 Å². The van der Waals surface area contributed by atoms with Crippen LogP contribution < -0.4 is 0 Å². The zero-order chi connectivity index (χ0) is 21.5. The molecular formula is C22H11Cl2FN2O2S. The van der Waals surface area contributed by atoms with Crippen molar-refractivity contribution in [2.45, 2.75) is 9.79 Å². The lowest BCUT2D eigenvalue weighted by atomic mass is 10.0. The van der Waals surface area contributed by atoms with E-state index in [1.165, 1.54) is 36.4 Å². The molecule has 1 heterocycles. The molecule has 0 aliphatic carbocycles. The van der Waals surface area contributed by atoms with Crippen molar-refractivity contribution >= 4 is 43.9 Å². The number of rotatable bonds is 3. The molecule has 30 heavy (non-hydrogen) atoms. The molecule has 0 saturated carbocycles. The van der Waals surface area contributed by atoms with Gasteiger partial charge in [0, 0.05) is 16.0 Å². The van der Waals surface area contributed by atoms with Crippen LogP contribution in [0.25, 0.3) is 22.0 Å². The molecule has 4 nitrogen and oxygen atoms in total. The van der Waals surface area contributed by atoms with Crippen LogP contribution in [0.4, 0.5) is 4.39 Å². The summed E-state index contributed by atoms with van der Waals surface area (Å²) in [6, 6.07) is 18.3. The number of benzene rings is 3. The molecule has 1 aromatic heterocycles. The molecule has 0 atom stereocenters. The molecule has 0 aliphatic heterocycles. The first kappa shape index (κ1) is 20.3. The lowest BCUT2D eigenvalue weighted by molar-refractivity contribution is 0.596. The Bertz CT molecular complexity index is 1460. The first-order valence-electron chi connectivity index (χ1n) is 8.62. The average molecular weight is 457 g/mol. The minimum Gasteiger partial charge on any atom is -0.232 e. The maximum Gasteiger partial charge on any atom is 0.210 e. The first-order chi connectivity index (χ1) is 14.3. The maximum absolute atomic E-state index is 14.5. The SMILES string of the molecule is N#Cc1cccc(S(=O)(=O)c2c(Cl)nc3c(F)cccc3c2-c2cccc(Cl)c2)c1. The third-order valence-corrected chi connectivity index (χ3v) is 6.97. The van der Waals surface area contributed by atoms with Crippen molar-refractivity contribution in [3.63, 3.8) is 0 Å². The molecule has 0 saturated heterocycles. The van der Waals surface area contributed by atoms with E-state index in [4.69, 9.17) is 28.5 Å². The van der Waals surface area contributed by atoms with Crippen molar-refractivity contribution in [3.8, 4) is 17.2 Å². The number of sulfone groups is 1. The number of para-hydroxylation sites is 1. The molecule has 8 heteroatoms. The van der Waals surface area contributed by atoms with Crippen LogP contribution in [0.1, 0.15) is 5.56 Å². The number of pyridine rings is 1. The average Bonchev–Trinajstić information content (AvgIpc) is 2.73. The van der Waals surface area contributed by atoms with Gasteiger partial charge < -0.3 is 0 Å². The van der Waals surface area contributed by atoms with Crippen LogP contribution in [0.3, 0.4) is 0 Å². The Morgan fingerprint density at radius 2 is 1.70 bits per heavy atom. The van der Waals surface area contributed by atoms with E-state index < -0.39 is 15.7 Å². The van der Waals surface area contributed by atoms with Crippen molar-refractivity contribution in [1.29, 1.82) is 5.26 Å². The summed E-state index contributed by atoms with van der Waals surface area (Å²) in [6.07, 6.45) is 0. The van der Waals surface area contributed by atoms with Crippen LogP contribution in [-0.4, -0.2) is 13.4 Å². The van der Waals surface area contributed by atoms with E-state index in [9.17, 15) is 12.8 Å². The molecule has 0 unspecified atom stereocenters. The predicted molar refractivity (Wildman–Crippen MR) is 114 cm³/mol. The summed E-state index contributed by atoms with van der Waals surface area (Å²) < 4.78 is 41.6. The zero-order valence-electron chi connectivity index (χ0n) is 15.1. The van der Waals surface area contributed by atoms with Crippen molar-refractivity contribution < 1.29 is 12.8 Å². The summed E-state index contributed by atoms with van der Waals surface area (Å²) in [5, 5.41) is 9.43. The van der Waals surface area contributed by atoms with Gasteiger partial charge in [0.05, 0.1) is 16.5 Å². The fourth-order valence-electron chi connectivity index (χ4n) is 3.23. The molecule has 0 spiro atoms. The topological polar surface area (TPSA) is 70.8 Å². The van der Waals surface area contributed by atoms with Crippen molar-refractivity contribution in [3.05, 3.63) is 88.3 Å². The van der Waals surface area contributed by atoms with E-state index in [-0.39, 0.29) is 37.0 Å². The van der Waals surface area contributed by atoms with Crippen LogP contribution in [0.2, 0.25) is 10.2 Å². The van der Waals surface area contributed by atoms with Crippen LogP contribution in [0.5, 0.6) is 0 Å². The number of aromatic nitrogens is 1. The Kier molecular flexibility index (Phi) is 5.20. The van der Waals surface area contributed by atoms with Gasteiger partial charge >= 0.3 is 0 Å². The van der Waals surface area contributed by atoms with Gasteiger partial charge in [-0.25, -0.2) is 17.8 Å². The van der Waals surface area contributed by atoms with Crippen molar-refractivity contribution in [1.82, 2.24) is 4.98 Å². The van der Waals surface area contributed by atoms with Gasteiger partial charge in [-0.05, 0) is 42.0 Å². The smallest absolute Gasteiger partial charge is 0.210 e. The van der Waals surface area contributed by atoms with Crippen LogP contribution in [0.15, 0.2) is 76.5 Å². The Labute approximate surface area is 182 Å². The Morgan fingerprint density at radius 1 is 0.967 bits per heavy atom. The Balaban J connectivity index is 2.16. The first-order valence-corrected chi connectivity index (χ1v) is 10.9. The summed E-state index contributed by atoms with van der Waals surface area (Å²) in [5.74, 6) is -0.631. The monoisotopic (exact) mass is 456 g/mol. The van der Waals surface area contributed by atoms with Crippen LogP contribution in [-0.2, 0) is 9.84 Å². The maximum atomic E-state index is 14.5. The van der Waals surface area contributed by atoms with Crippen LogP contribution >= 0.6 is 23.2 Å². The summed E-state index contributed by atoms with van der Waals surface area (Å²) in [7, 11) is -4.21. The second kappa shape index (κ2) is 7.69. The number of fused-ring (bicyclic) bond motifs is 1. The lowest BCUT2D eigenvalue weighted by Gasteiger charge is -2.16. The lowest BCUT2D eigenvalue weighted by Crippen LogP contribution is -2.08. The van der Waals surface area contributed by atoms with E-state index in [1.54, 1.807) is 30.3 Å². The fourth-order valence-corrected chi connectivity index (χ4v) is 5.45. The van der Waals surface area contributed by atoms with E-state index in [0.717, 1.165) is 0 Å². The highest BCUT2D eigenvalue weighted by Crippen LogP contribution is 2.41. The van der Waals surface area contributed by atoms with Gasteiger partial charge in [0.2, 0.25) is 9.84 Å². The van der Waals surface area contributed by atoms with Gasteiger partial charge in [0.25, 0.3) is 0 Å². The zero-order valence-corrected chi connectivity index (χ0v) is 17.4. The second-order valence-electron chi connectivity index (χ2n) is 6.40. The summed E-state index contributed by atoms with van der Waals surface area (Å²) in [5.41, 5.74) is 0.755. The number of halogens is 3. The normalized spacial score (nSPS) is 11.4. The number of hydrogen-bond acceptors (Lipinski definition) is 4. The molecule has 0 bridgehead atoms. The molecule has 0 N–H and O–H groups in total. The van der Waals surface area contributed by atoms with E-state index in [2.05, 4.69) is 4.98 Å². The minimum absolute atomic E-state index is 0.0535. The molecule has 0 amide bonds. The molecule has 3 aromatic carbocycles. The number of nitriles is 1. The molecule has 148 valence electrons. The van der Waals surface area contributed by atoms with E-state index >= 15 is 0 Å². The summed E-state index contributed by atoms with van der Waals surface area (Å²) >= 11 is 12.5. The minimum atomic E-state index is -4.21. The predicted octanol–water partition coefficient (Wildman–Crippen LogP) is 6.05. The van der Waals surface area contributed by atoms with Crippen molar-refractivity contribution in [2.75, 3.05) is 0 Å². The van der Waals surface area contributed by atoms with E-state index in [0.29, 0.717) is 10.6 Å². The van der Waals surface area contributed by atoms with Gasteiger partial charge in [-0.1, -0.05) is 53.5 Å². The van der Waals surface area contributed by atoms with Crippen molar-refractivity contribution in [2.24, 2.45) is 0 Å². The van der Waals surface area contributed by atoms with E-state index in [1.807, 2.05) is 6.07 Å². The largest absolute Gasteiger partial charge is 0.232 e. The van der Waals surface area contributed by atoms with Gasteiger partial charge in [0.1, 0.15) is 21.4 Å².